The van der Waals surface area contributed by atoms with Gasteiger partial charge in [-0.05, 0) is 44.0 Å². The Morgan fingerprint density at radius 3 is 2.89 bits per heavy atom. The zero-order chi connectivity index (χ0) is 13.8. The number of ether oxygens (including phenoxy) is 1. The van der Waals surface area contributed by atoms with Gasteiger partial charge in [0.05, 0.1) is 13.0 Å². The van der Waals surface area contributed by atoms with Crippen molar-refractivity contribution in [2.45, 2.75) is 39.2 Å². The minimum atomic E-state index is -0.313. The monoisotopic (exact) mass is 261 g/mol. The van der Waals surface area contributed by atoms with Gasteiger partial charge in [-0.1, -0.05) is 0 Å². The quantitative estimate of drug-likeness (QED) is 0.654. The van der Waals surface area contributed by atoms with Crippen LogP contribution >= 0.6 is 0 Å². The number of rotatable bonds is 5. The minimum Gasteiger partial charge on any atom is -0.466 e. The molecule has 1 aliphatic heterocycles. The summed E-state index contributed by atoms with van der Waals surface area (Å²) in [6.07, 6.45) is 1.30. The SMILES string of the molecule is CCOC(=O)CCC(=O)c1ccc2c(c1)CC(C)N2. The van der Waals surface area contributed by atoms with Crippen molar-refractivity contribution in [1.29, 1.82) is 0 Å². The maximum absolute atomic E-state index is 12.0. The van der Waals surface area contributed by atoms with Crippen LogP contribution in [0.1, 0.15) is 42.6 Å². The summed E-state index contributed by atoms with van der Waals surface area (Å²) in [5.74, 6) is -0.317. The maximum atomic E-state index is 12.0. The number of anilines is 1. The highest BCUT2D eigenvalue weighted by molar-refractivity contribution is 5.98. The molecule has 0 amide bonds. The highest BCUT2D eigenvalue weighted by atomic mass is 16.5. The van der Waals surface area contributed by atoms with Gasteiger partial charge in [0.15, 0.2) is 5.78 Å². The van der Waals surface area contributed by atoms with Gasteiger partial charge in [0.25, 0.3) is 0 Å². The molecule has 1 aromatic rings. The van der Waals surface area contributed by atoms with Crippen molar-refractivity contribution >= 4 is 17.4 Å². The molecule has 4 heteroatoms. The Bertz CT molecular complexity index is 496. The molecule has 1 aromatic carbocycles. The van der Waals surface area contributed by atoms with Gasteiger partial charge in [0.2, 0.25) is 0 Å². The molecule has 0 saturated carbocycles. The predicted octanol–water partition coefficient (Wildman–Crippen LogP) is 2.57. The summed E-state index contributed by atoms with van der Waals surface area (Å²) in [7, 11) is 0. The van der Waals surface area contributed by atoms with Gasteiger partial charge in [0.1, 0.15) is 0 Å². The summed E-state index contributed by atoms with van der Waals surface area (Å²) in [5, 5.41) is 3.35. The third kappa shape index (κ3) is 3.34. The predicted molar refractivity (Wildman–Crippen MR) is 73.4 cm³/mol. The minimum absolute atomic E-state index is 0.00425. The van der Waals surface area contributed by atoms with Crippen LogP contribution in [-0.4, -0.2) is 24.4 Å². The Morgan fingerprint density at radius 1 is 1.37 bits per heavy atom. The molecule has 19 heavy (non-hydrogen) atoms. The molecule has 0 aliphatic carbocycles. The van der Waals surface area contributed by atoms with Crippen LogP contribution in [0.4, 0.5) is 5.69 Å². The molecule has 1 aliphatic rings. The number of benzene rings is 1. The van der Waals surface area contributed by atoms with Crippen LogP contribution < -0.4 is 5.32 Å². The fourth-order valence-electron chi connectivity index (χ4n) is 2.32. The molecular formula is C15H19NO3. The number of esters is 1. The Balaban J connectivity index is 1.97. The lowest BCUT2D eigenvalue weighted by molar-refractivity contribution is -0.143. The normalized spacial score (nSPS) is 16.6. The summed E-state index contributed by atoms with van der Waals surface area (Å²) in [6, 6.07) is 6.10. The largest absolute Gasteiger partial charge is 0.466 e. The van der Waals surface area contributed by atoms with Crippen molar-refractivity contribution in [2.75, 3.05) is 11.9 Å². The van der Waals surface area contributed by atoms with Crippen LogP contribution in [0.15, 0.2) is 18.2 Å². The number of carbonyl (C=O) groups excluding carboxylic acids is 2. The first-order valence-corrected chi connectivity index (χ1v) is 6.68. The molecule has 0 aromatic heterocycles. The molecule has 0 radical (unpaired) electrons. The number of fused-ring (bicyclic) bond motifs is 1. The lowest BCUT2D eigenvalue weighted by Crippen LogP contribution is -2.08. The second-order valence-electron chi connectivity index (χ2n) is 4.85. The standard InChI is InChI=1S/C15H19NO3/c1-3-19-15(18)7-6-14(17)11-4-5-13-12(9-11)8-10(2)16-13/h4-5,9-10,16H,3,6-8H2,1-2H3. The molecule has 4 nitrogen and oxygen atoms in total. The first-order valence-electron chi connectivity index (χ1n) is 6.68. The molecule has 0 saturated heterocycles. The Labute approximate surface area is 113 Å². The van der Waals surface area contributed by atoms with E-state index >= 15 is 0 Å². The van der Waals surface area contributed by atoms with E-state index in [9.17, 15) is 9.59 Å². The fourth-order valence-corrected chi connectivity index (χ4v) is 2.32. The molecule has 2 rings (SSSR count). The van der Waals surface area contributed by atoms with Gasteiger partial charge in [0, 0.05) is 23.7 Å². The van der Waals surface area contributed by atoms with E-state index in [-0.39, 0.29) is 24.6 Å². The average Bonchev–Trinajstić information content (AvgIpc) is 2.75. The lowest BCUT2D eigenvalue weighted by atomic mass is 10.0. The highest BCUT2D eigenvalue weighted by Gasteiger charge is 2.18. The van der Waals surface area contributed by atoms with Crippen molar-refractivity contribution in [1.82, 2.24) is 0 Å². The molecule has 0 fully saturated rings. The van der Waals surface area contributed by atoms with E-state index in [2.05, 4.69) is 12.2 Å². The third-order valence-electron chi connectivity index (χ3n) is 3.22. The number of nitrogens with one attached hydrogen (secondary N) is 1. The van der Waals surface area contributed by atoms with Gasteiger partial charge in [-0.15, -0.1) is 0 Å². The number of hydrogen-bond donors (Lipinski definition) is 1. The lowest BCUT2D eigenvalue weighted by Gasteiger charge is -2.04. The van der Waals surface area contributed by atoms with Crippen molar-refractivity contribution < 1.29 is 14.3 Å². The Hall–Kier alpha value is -1.84. The fraction of sp³-hybridized carbons (Fsp3) is 0.467. The summed E-state index contributed by atoms with van der Waals surface area (Å²) in [4.78, 5) is 23.2. The molecule has 0 spiro atoms. The zero-order valence-electron chi connectivity index (χ0n) is 11.4. The summed E-state index contributed by atoms with van der Waals surface area (Å²) < 4.78 is 4.82. The van der Waals surface area contributed by atoms with Crippen LogP contribution in [-0.2, 0) is 16.0 Å². The second kappa shape index (κ2) is 5.87. The Kier molecular flexibility index (Phi) is 4.20. The van der Waals surface area contributed by atoms with E-state index in [4.69, 9.17) is 4.74 Å². The first kappa shape index (κ1) is 13.6. The molecular weight excluding hydrogens is 242 g/mol. The number of hydrogen-bond acceptors (Lipinski definition) is 4. The van der Waals surface area contributed by atoms with Gasteiger partial charge < -0.3 is 10.1 Å². The number of Topliss-reactive ketones (excluding diaryl/α,β-unsaturated/α-hetero) is 1. The van der Waals surface area contributed by atoms with Gasteiger partial charge in [-0.2, -0.15) is 0 Å². The molecule has 1 atom stereocenters. The van der Waals surface area contributed by atoms with Crippen molar-refractivity contribution in [3.05, 3.63) is 29.3 Å². The van der Waals surface area contributed by atoms with E-state index in [0.717, 1.165) is 12.1 Å². The van der Waals surface area contributed by atoms with Crippen LogP contribution in [0.2, 0.25) is 0 Å². The molecule has 102 valence electrons. The van der Waals surface area contributed by atoms with Crippen LogP contribution in [0.5, 0.6) is 0 Å². The van der Waals surface area contributed by atoms with Gasteiger partial charge in [-0.25, -0.2) is 0 Å². The topological polar surface area (TPSA) is 55.4 Å². The molecule has 1 unspecified atom stereocenters. The highest BCUT2D eigenvalue weighted by Crippen LogP contribution is 2.27. The van der Waals surface area contributed by atoms with E-state index in [1.807, 2.05) is 18.2 Å². The van der Waals surface area contributed by atoms with Crippen LogP contribution in [0.25, 0.3) is 0 Å². The average molecular weight is 261 g/mol. The Morgan fingerprint density at radius 2 is 2.16 bits per heavy atom. The van der Waals surface area contributed by atoms with E-state index in [1.165, 1.54) is 5.56 Å². The number of carbonyl (C=O) groups is 2. The molecule has 1 heterocycles. The smallest absolute Gasteiger partial charge is 0.306 e. The zero-order valence-corrected chi connectivity index (χ0v) is 11.4. The van der Waals surface area contributed by atoms with Gasteiger partial charge in [-0.3, -0.25) is 9.59 Å². The van der Waals surface area contributed by atoms with Crippen molar-refractivity contribution in [3.8, 4) is 0 Å². The van der Waals surface area contributed by atoms with Crippen molar-refractivity contribution in [3.63, 3.8) is 0 Å². The number of ketones is 1. The maximum Gasteiger partial charge on any atom is 0.306 e. The van der Waals surface area contributed by atoms with Gasteiger partial charge >= 0.3 is 5.97 Å². The summed E-state index contributed by atoms with van der Waals surface area (Å²) >= 11 is 0. The molecule has 1 N–H and O–H groups in total. The van der Waals surface area contributed by atoms with Crippen LogP contribution in [0, 0.1) is 0 Å². The van der Waals surface area contributed by atoms with Crippen molar-refractivity contribution in [2.24, 2.45) is 0 Å². The van der Waals surface area contributed by atoms with Crippen LogP contribution in [0.3, 0.4) is 0 Å². The van der Waals surface area contributed by atoms with E-state index in [1.54, 1.807) is 6.92 Å². The second-order valence-corrected chi connectivity index (χ2v) is 4.85. The third-order valence-corrected chi connectivity index (χ3v) is 3.22. The van der Waals surface area contributed by atoms with E-state index < -0.39 is 0 Å². The molecule has 0 bridgehead atoms. The van der Waals surface area contributed by atoms with E-state index in [0.29, 0.717) is 18.2 Å². The first-order chi connectivity index (χ1) is 9.10. The summed E-state index contributed by atoms with van der Waals surface area (Å²) in [5.41, 5.74) is 2.96. The summed E-state index contributed by atoms with van der Waals surface area (Å²) in [6.45, 7) is 4.23.